The molecule has 0 spiro atoms. The third-order valence-electron chi connectivity index (χ3n) is 2.25. The van der Waals surface area contributed by atoms with E-state index < -0.39 is 0 Å². The number of halogens is 2. The first-order valence-electron chi connectivity index (χ1n) is 4.41. The normalized spacial score (nSPS) is 10.9. The van der Waals surface area contributed by atoms with Crippen LogP contribution in [0.5, 0.6) is 5.75 Å². The summed E-state index contributed by atoms with van der Waals surface area (Å²) in [6.45, 7) is 0.386. The third kappa shape index (κ3) is 1.61. The molecule has 15 heavy (non-hydrogen) atoms. The Bertz CT molecular complexity index is 510. The standard InChI is InChI=1S/C10H10BrFN2O/c1-15-10-6-2-5(4-13)14-8(6)3-7(12)9(10)11/h2-3,14H,4,13H2,1H3. The highest BCUT2D eigenvalue weighted by atomic mass is 79.9. The Hall–Kier alpha value is -1.07. The fourth-order valence-corrected chi connectivity index (χ4v) is 2.05. The van der Waals surface area contributed by atoms with Gasteiger partial charge in [0.1, 0.15) is 11.6 Å². The van der Waals surface area contributed by atoms with E-state index >= 15 is 0 Å². The topological polar surface area (TPSA) is 51.0 Å². The Morgan fingerprint density at radius 1 is 1.53 bits per heavy atom. The summed E-state index contributed by atoms with van der Waals surface area (Å²) < 4.78 is 18.9. The second kappa shape index (κ2) is 3.83. The van der Waals surface area contributed by atoms with Crippen molar-refractivity contribution >= 4 is 26.8 Å². The van der Waals surface area contributed by atoms with Gasteiger partial charge < -0.3 is 15.5 Å². The Kier molecular flexibility index (Phi) is 2.67. The van der Waals surface area contributed by atoms with Gasteiger partial charge in [-0.2, -0.15) is 0 Å². The average Bonchev–Trinajstić information content (AvgIpc) is 2.62. The zero-order valence-corrected chi connectivity index (χ0v) is 9.69. The quantitative estimate of drug-likeness (QED) is 0.883. The van der Waals surface area contributed by atoms with Crippen LogP contribution in [0.3, 0.4) is 0 Å². The maximum atomic E-state index is 13.4. The van der Waals surface area contributed by atoms with Crippen LogP contribution in [0.1, 0.15) is 5.69 Å². The number of rotatable bonds is 2. The number of nitrogens with two attached hydrogens (primary N) is 1. The molecule has 0 aliphatic rings. The number of aromatic amines is 1. The van der Waals surface area contributed by atoms with Crippen molar-refractivity contribution in [2.75, 3.05) is 7.11 Å². The molecule has 0 bridgehead atoms. The highest BCUT2D eigenvalue weighted by Gasteiger charge is 2.13. The molecule has 1 heterocycles. The van der Waals surface area contributed by atoms with E-state index in [0.29, 0.717) is 22.3 Å². The minimum atomic E-state index is -0.357. The minimum absolute atomic E-state index is 0.333. The lowest BCUT2D eigenvalue weighted by Crippen LogP contribution is -1.94. The van der Waals surface area contributed by atoms with Gasteiger partial charge in [0.05, 0.1) is 17.1 Å². The molecule has 0 radical (unpaired) electrons. The van der Waals surface area contributed by atoms with Crippen molar-refractivity contribution in [3.8, 4) is 5.75 Å². The van der Waals surface area contributed by atoms with Crippen molar-refractivity contribution in [3.63, 3.8) is 0 Å². The number of aromatic nitrogens is 1. The Balaban J connectivity index is 2.79. The van der Waals surface area contributed by atoms with Crippen LogP contribution in [-0.4, -0.2) is 12.1 Å². The monoisotopic (exact) mass is 272 g/mol. The molecule has 0 unspecified atom stereocenters. The molecule has 0 fully saturated rings. The SMILES string of the molecule is COc1c(Br)c(F)cc2[nH]c(CN)cc12. The van der Waals surface area contributed by atoms with Crippen LogP contribution in [0.25, 0.3) is 10.9 Å². The first-order chi connectivity index (χ1) is 7.17. The lowest BCUT2D eigenvalue weighted by Gasteiger charge is -2.05. The van der Waals surface area contributed by atoms with E-state index in [4.69, 9.17) is 10.5 Å². The van der Waals surface area contributed by atoms with Gasteiger partial charge in [0.2, 0.25) is 0 Å². The first-order valence-corrected chi connectivity index (χ1v) is 5.20. The molecule has 2 rings (SSSR count). The number of nitrogens with one attached hydrogen (secondary N) is 1. The molecule has 0 saturated carbocycles. The number of ether oxygens (including phenoxy) is 1. The summed E-state index contributed by atoms with van der Waals surface area (Å²) in [4.78, 5) is 3.02. The first kappa shape index (κ1) is 10.4. The summed E-state index contributed by atoms with van der Waals surface area (Å²) in [5.74, 6) is 0.130. The third-order valence-corrected chi connectivity index (χ3v) is 2.99. The molecule has 0 aliphatic carbocycles. The van der Waals surface area contributed by atoms with E-state index in [0.717, 1.165) is 11.1 Å². The molecule has 3 nitrogen and oxygen atoms in total. The predicted molar refractivity (Wildman–Crippen MR) is 60.4 cm³/mol. The van der Waals surface area contributed by atoms with Gasteiger partial charge in [0.25, 0.3) is 0 Å². The van der Waals surface area contributed by atoms with Gasteiger partial charge in [-0.1, -0.05) is 0 Å². The van der Waals surface area contributed by atoms with Gasteiger partial charge in [-0.05, 0) is 28.1 Å². The lowest BCUT2D eigenvalue weighted by molar-refractivity contribution is 0.413. The maximum Gasteiger partial charge on any atom is 0.145 e. The Labute approximate surface area is 94.5 Å². The summed E-state index contributed by atoms with van der Waals surface area (Å²) in [7, 11) is 1.51. The van der Waals surface area contributed by atoms with Crippen LogP contribution < -0.4 is 10.5 Å². The Morgan fingerprint density at radius 3 is 2.87 bits per heavy atom. The molecular formula is C10H10BrFN2O. The zero-order chi connectivity index (χ0) is 11.0. The van der Waals surface area contributed by atoms with Gasteiger partial charge in [-0.3, -0.25) is 0 Å². The number of fused-ring (bicyclic) bond motifs is 1. The van der Waals surface area contributed by atoms with E-state index in [9.17, 15) is 4.39 Å². The second-order valence-electron chi connectivity index (χ2n) is 3.17. The molecule has 0 aliphatic heterocycles. The van der Waals surface area contributed by atoms with Crippen LogP contribution in [0.4, 0.5) is 4.39 Å². The van der Waals surface area contributed by atoms with Gasteiger partial charge in [0.15, 0.2) is 0 Å². The fourth-order valence-electron chi connectivity index (χ4n) is 1.56. The van der Waals surface area contributed by atoms with Crippen molar-refractivity contribution in [1.82, 2.24) is 4.98 Å². The summed E-state index contributed by atoms with van der Waals surface area (Å²) in [5, 5.41) is 0.825. The summed E-state index contributed by atoms with van der Waals surface area (Å²) in [5.41, 5.74) is 7.04. The molecule has 0 amide bonds. The van der Waals surface area contributed by atoms with Crippen LogP contribution in [0.2, 0.25) is 0 Å². The number of hydrogen-bond acceptors (Lipinski definition) is 2. The minimum Gasteiger partial charge on any atom is -0.495 e. The summed E-state index contributed by atoms with van der Waals surface area (Å²) in [6, 6.07) is 3.28. The van der Waals surface area contributed by atoms with Gasteiger partial charge in [-0.15, -0.1) is 0 Å². The van der Waals surface area contributed by atoms with E-state index in [-0.39, 0.29) is 5.82 Å². The van der Waals surface area contributed by atoms with Crippen molar-refractivity contribution in [1.29, 1.82) is 0 Å². The molecule has 1 aromatic heterocycles. The van der Waals surface area contributed by atoms with Crippen molar-refractivity contribution in [2.45, 2.75) is 6.54 Å². The molecule has 3 N–H and O–H groups in total. The largest absolute Gasteiger partial charge is 0.495 e. The number of benzene rings is 1. The molecule has 0 atom stereocenters. The maximum absolute atomic E-state index is 13.4. The van der Waals surface area contributed by atoms with Crippen molar-refractivity contribution in [2.24, 2.45) is 5.73 Å². The van der Waals surface area contributed by atoms with Crippen LogP contribution >= 0.6 is 15.9 Å². The molecule has 5 heteroatoms. The van der Waals surface area contributed by atoms with E-state index in [2.05, 4.69) is 20.9 Å². The molecular weight excluding hydrogens is 263 g/mol. The van der Waals surface area contributed by atoms with E-state index in [1.165, 1.54) is 13.2 Å². The van der Waals surface area contributed by atoms with Gasteiger partial charge in [0, 0.05) is 17.6 Å². The van der Waals surface area contributed by atoms with Crippen molar-refractivity contribution < 1.29 is 9.13 Å². The van der Waals surface area contributed by atoms with E-state index in [1.807, 2.05) is 6.07 Å². The highest BCUT2D eigenvalue weighted by molar-refractivity contribution is 9.10. The van der Waals surface area contributed by atoms with E-state index in [1.54, 1.807) is 0 Å². The molecule has 1 aromatic carbocycles. The smallest absolute Gasteiger partial charge is 0.145 e. The number of methoxy groups -OCH3 is 1. The zero-order valence-electron chi connectivity index (χ0n) is 8.10. The average molecular weight is 273 g/mol. The van der Waals surface area contributed by atoms with Crippen molar-refractivity contribution in [3.05, 3.63) is 28.1 Å². The van der Waals surface area contributed by atoms with Crippen LogP contribution in [0, 0.1) is 5.82 Å². The number of H-pyrrole nitrogens is 1. The Morgan fingerprint density at radius 2 is 2.27 bits per heavy atom. The summed E-state index contributed by atoms with van der Waals surface area (Å²) in [6.07, 6.45) is 0. The highest BCUT2D eigenvalue weighted by Crippen LogP contribution is 2.36. The number of hydrogen-bond donors (Lipinski definition) is 2. The molecule has 2 aromatic rings. The van der Waals surface area contributed by atoms with Crippen LogP contribution in [-0.2, 0) is 6.54 Å². The van der Waals surface area contributed by atoms with Crippen LogP contribution in [0.15, 0.2) is 16.6 Å². The predicted octanol–water partition coefficient (Wildman–Crippen LogP) is 2.54. The lowest BCUT2D eigenvalue weighted by atomic mass is 10.2. The fraction of sp³-hybridized carbons (Fsp3) is 0.200. The second-order valence-corrected chi connectivity index (χ2v) is 3.96. The van der Waals surface area contributed by atoms with Gasteiger partial charge >= 0.3 is 0 Å². The summed E-state index contributed by atoms with van der Waals surface area (Å²) >= 11 is 3.15. The molecule has 0 saturated heterocycles. The van der Waals surface area contributed by atoms with Gasteiger partial charge in [-0.25, -0.2) is 4.39 Å². The molecule has 80 valence electrons.